The minimum atomic E-state index is -0.725. The molecule has 4 aromatic rings. The molecule has 0 radical (unpaired) electrons. The van der Waals surface area contributed by atoms with Gasteiger partial charge < -0.3 is 18.9 Å². The minimum Gasteiger partial charge on any atom is -0.497 e. The Morgan fingerprint density at radius 3 is 2.49 bits per heavy atom. The second-order valence-electron chi connectivity index (χ2n) is 9.59. The van der Waals surface area contributed by atoms with Crippen LogP contribution >= 0.6 is 11.3 Å². The highest BCUT2D eigenvalue weighted by atomic mass is 32.1. The normalized spacial score (nSPS) is 14.6. The van der Waals surface area contributed by atoms with E-state index in [0.717, 1.165) is 5.56 Å². The van der Waals surface area contributed by atoms with Gasteiger partial charge in [-0.1, -0.05) is 47.7 Å². The van der Waals surface area contributed by atoms with Crippen LogP contribution in [0.3, 0.4) is 0 Å². The fraction of sp³-hybridized carbons (Fsp3) is 0.242. The fourth-order valence-electron chi connectivity index (χ4n) is 4.82. The molecule has 1 aliphatic rings. The molecule has 3 aromatic carbocycles. The summed E-state index contributed by atoms with van der Waals surface area (Å²) < 4.78 is 38.4. The lowest BCUT2D eigenvalue weighted by molar-refractivity contribution is -0.139. The number of hydrogen-bond donors (Lipinski definition) is 0. The minimum absolute atomic E-state index is 0.0399. The van der Waals surface area contributed by atoms with E-state index in [-0.39, 0.29) is 24.6 Å². The van der Waals surface area contributed by atoms with Crippen LogP contribution in [0, 0.1) is 5.82 Å². The summed E-state index contributed by atoms with van der Waals surface area (Å²) in [7, 11) is 1.57. The number of esters is 1. The molecule has 0 saturated carbocycles. The van der Waals surface area contributed by atoms with Crippen molar-refractivity contribution < 1.29 is 28.1 Å². The van der Waals surface area contributed by atoms with Gasteiger partial charge in [0.25, 0.3) is 5.56 Å². The van der Waals surface area contributed by atoms with Gasteiger partial charge in [0.05, 0.1) is 42.2 Å². The first-order valence-electron chi connectivity index (χ1n) is 13.8. The number of ether oxygens (including phenoxy) is 4. The van der Waals surface area contributed by atoms with Gasteiger partial charge in [0.15, 0.2) is 16.3 Å². The second kappa shape index (κ2) is 13.1. The number of methoxy groups -OCH3 is 1. The lowest BCUT2D eigenvalue weighted by Crippen LogP contribution is -2.39. The number of thiazole rings is 1. The van der Waals surface area contributed by atoms with Crippen LogP contribution in [0.1, 0.15) is 43.5 Å². The van der Waals surface area contributed by atoms with Crippen LogP contribution in [0.25, 0.3) is 6.08 Å². The number of carbonyl (C=O) groups is 1. The van der Waals surface area contributed by atoms with E-state index in [1.165, 1.54) is 22.0 Å². The average Bonchev–Trinajstić information content (AvgIpc) is 3.30. The highest BCUT2D eigenvalue weighted by molar-refractivity contribution is 7.07. The monoisotopic (exact) mass is 602 g/mol. The maximum Gasteiger partial charge on any atom is 0.338 e. The molecule has 1 aliphatic heterocycles. The highest BCUT2D eigenvalue weighted by Crippen LogP contribution is 2.32. The summed E-state index contributed by atoms with van der Waals surface area (Å²) in [6, 6.07) is 18.2. The number of allylic oxidation sites excluding steroid dienone is 1. The summed E-state index contributed by atoms with van der Waals surface area (Å²) in [6.45, 7) is 5.95. The first-order valence-corrected chi connectivity index (χ1v) is 14.6. The number of hydrogen-bond acceptors (Lipinski definition) is 8. The lowest BCUT2D eigenvalue weighted by atomic mass is 9.96. The molecule has 5 rings (SSSR count). The zero-order valence-corrected chi connectivity index (χ0v) is 25.1. The van der Waals surface area contributed by atoms with Gasteiger partial charge in [-0.2, -0.15) is 0 Å². The summed E-state index contributed by atoms with van der Waals surface area (Å²) in [4.78, 5) is 32.1. The number of rotatable bonds is 10. The van der Waals surface area contributed by atoms with Crippen molar-refractivity contribution in [1.29, 1.82) is 0 Å². The number of nitrogens with zero attached hydrogens (tertiary/aromatic N) is 2. The molecule has 0 spiro atoms. The average molecular weight is 603 g/mol. The van der Waals surface area contributed by atoms with Crippen molar-refractivity contribution in [1.82, 2.24) is 4.57 Å². The van der Waals surface area contributed by atoms with Gasteiger partial charge in [0.1, 0.15) is 18.2 Å². The van der Waals surface area contributed by atoms with E-state index in [4.69, 9.17) is 18.9 Å². The fourth-order valence-corrected chi connectivity index (χ4v) is 5.86. The van der Waals surface area contributed by atoms with E-state index in [1.807, 2.05) is 19.1 Å². The largest absolute Gasteiger partial charge is 0.497 e. The lowest BCUT2D eigenvalue weighted by Gasteiger charge is -2.24. The van der Waals surface area contributed by atoms with Gasteiger partial charge in [0.2, 0.25) is 0 Å². The van der Waals surface area contributed by atoms with Crippen molar-refractivity contribution in [3.8, 4) is 17.2 Å². The number of halogens is 1. The van der Waals surface area contributed by atoms with Gasteiger partial charge in [0, 0.05) is 5.56 Å². The first-order chi connectivity index (χ1) is 20.8. The van der Waals surface area contributed by atoms with Gasteiger partial charge in [-0.05, 0) is 68.3 Å². The van der Waals surface area contributed by atoms with E-state index >= 15 is 0 Å². The third-order valence-corrected chi connectivity index (χ3v) is 7.84. The maximum atomic E-state index is 14.1. The Morgan fingerprint density at radius 1 is 1.02 bits per heavy atom. The number of benzene rings is 3. The van der Waals surface area contributed by atoms with Crippen LogP contribution in [0.2, 0.25) is 0 Å². The quantitative estimate of drug-likeness (QED) is 0.240. The van der Waals surface area contributed by atoms with E-state index in [9.17, 15) is 14.0 Å². The van der Waals surface area contributed by atoms with E-state index in [2.05, 4.69) is 4.99 Å². The Hall–Kier alpha value is -4.70. The zero-order valence-electron chi connectivity index (χ0n) is 24.3. The Balaban J connectivity index is 1.56. The molecule has 1 unspecified atom stereocenters. The molecule has 0 amide bonds. The second-order valence-corrected chi connectivity index (χ2v) is 10.6. The van der Waals surface area contributed by atoms with Crippen LogP contribution < -0.4 is 29.1 Å². The van der Waals surface area contributed by atoms with Gasteiger partial charge in [-0.3, -0.25) is 9.36 Å². The van der Waals surface area contributed by atoms with E-state index in [0.29, 0.717) is 55.6 Å². The SMILES string of the molecule is CCOC(=O)C1=C(C)N=c2s/c(=C\c3ccc(OCc4ccccc4F)c(OCC)c3)c(=O)n2C1c1ccc(OC)cc1. The van der Waals surface area contributed by atoms with Crippen molar-refractivity contribution in [2.75, 3.05) is 20.3 Å². The third-order valence-electron chi connectivity index (χ3n) is 6.85. The number of carbonyl (C=O) groups excluding carboxylic acids is 1. The van der Waals surface area contributed by atoms with Crippen molar-refractivity contribution in [3.05, 3.63) is 120 Å². The topological polar surface area (TPSA) is 88.4 Å². The van der Waals surface area contributed by atoms with Crippen LogP contribution in [0.15, 0.2) is 87.8 Å². The van der Waals surface area contributed by atoms with Crippen molar-refractivity contribution in [2.24, 2.45) is 4.99 Å². The molecule has 0 aliphatic carbocycles. The summed E-state index contributed by atoms with van der Waals surface area (Å²) in [5.74, 6) is 0.712. The zero-order chi connectivity index (χ0) is 30.5. The smallest absolute Gasteiger partial charge is 0.338 e. The molecule has 0 N–H and O–H groups in total. The first kappa shape index (κ1) is 29.8. The molecule has 10 heteroatoms. The van der Waals surface area contributed by atoms with Crippen molar-refractivity contribution in [2.45, 2.75) is 33.4 Å². The van der Waals surface area contributed by atoms with Crippen LogP contribution in [0.4, 0.5) is 4.39 Å². The van der Waals surface area contributed by atoms with Crippen molar-refractivity contribution >= 4 is 23.4 Å². The molecule has 0 saturated heterocycles. The standard InChI is InChI=1S/C33H31FN2O6S/c1-5-40-27-17-21(11-16-26(27)42-19-23-9-7-8-10-25(23)34)18-28-31(37)36-30(22-12-14-24(39-4)15-13-22)29(32(38)41-6-2)20(3)35-33(36)43-28/h7-18,30H,5-6,19H2,1-4H3/b28-18-. The number of fused-ring (bicyclic) bond motifs is 1. The van der Waals surface area contributed by atoms with Crippen LogP contribution in [-0.4, -0.2) is 30.9 Å². The van der Waals surface area contributed by atoms with Gasteiger partial charge in [-0.15, -0.1) is 0 Å². The number of aromatic nitrogens is 1. The Kier molecular flexibility index (Phi) is 9.06. The van der Waals surface area contributed by atoms with Crippen LogP contribution in [-0.2, 0) is 16.1 Å². The summed E-state index contributed by atoms with van der Waals surface area (Å²) in [5.41, 5.74) is 2.36. The molecule has 222 valence electrons. The third kappa shape index (κ3) is 6.24. The molecule has 1 aromatic heterocycles. The van der Waals surface area contributed by atoms with Crippen molar-refractivity contribution in [3.63, 3.8) is 0 Å². The Bertz CT molecular complexity index is 1860. The molecule has 1 atom stereocenters. The molecule has 8 nitrogen and oxygen atoms in total. The molecule has 43 heavy (non-hydrogen) atoms. The van der Waals surface area contributed by atoms with Gasteiger partial charge in [-0.25, -0.2) is 14.2 Å². The molecular weight excluding hydrogens is 571 g/mol. The van der Waals surface area contributed by atoms with E-state index in [1.54, 1.807) is 75.6 Å². The Labute approximate surface area is 252 Å². The predicted octanol–water partition coefficient (Wildman–Crippen LogP) is 4.92. The maximum absolute atomic E-state index is 14.1. The summed E-state index contributed by atoms with van der Waals surface area (Å²) >= 11 is 1.23. The summed E-state index contributed by atoms with van der Waals surface area (Å²) in [6.07, 6.45) is 1.75. The molecule has 2 heterocycles. The van der Waals surface area contributed by atoms with E-state index < -0.39 is 12.0 Å². The van der Waals surface area contributed by atoms with Crippen LogP contribution in [0.5, 0.6) is 17.2 Å². The van der Waals surface area contributed by atoms with Gasteiger partial charge >= 0.3 is 5.97 Å². The Morgan fingerprint density at radius 2 is 1.79 bits per heavy atom. The predicted molar refractivity (Wildman–Crippen MR) is 162 cm³/mol. The molecule has 0 bridgehead atoms. The summed E-state index contributed by atoms with van der Waals surface area (Å²) in [5, 5.41) is 0. The molecular formula is C33H31FN2O6S. The molecule has 0 fully saturated rings. The highest BCUT2D eigenvalue weighted by Gasteiger charge is 2.33.